The van der Waals surface area contributed by atoms with Gasteiger partial charge >= 0.3 is 0 Å². The summed E-state index contributed by atoms with van der Waals surface area (Å²) in [5, 5.41) is 9.12. The molecule has 0 heterocycles. The molecule has 0 aliphatic heterocycles. The Kier molecular flexibility index (Phi) is 14.2. The van der Waals surface area contributed by atoms with E-state index in [1.54, 1.807) is 0 Å². The topological polar surface area (TPSA) is 74.6 Å². The zero-order chi connectivity index (χ0) is 17.6. The molecule has 2 unspecified atom stereocenters. The van der Waals surface area contributed by atoms with Gasteiger partial charge in [0.2, 0.25) is 0 Å². The van der Waals surface area contributed by atoms with Crippen molar-refractivity contribution >= 4 is 10.1 Å². The van der Waals surface area contributed by atoms with E-state index in [0.29, 0.717) is 25.7 Å². The molecule has 2 N–H and O–H groups in total. The molecule has 0 saturated carbocycles. The van der Waals surface area contributed by atoms with Crippen LogP contribution in [0.4, 0.5) is 0 Å². The van der Waals surface area contributed by atoms with Gasteiger partial charge in [-0.1, -0.05) is 78.1 Å². The monoisotopic (exact) mass is 350 g/mol. The maximum atomic E-state index is 11.5. The van der Waals surface area contributed by atoms with Gasteiger partial charge in [-0.25, -0.2) is 0 Å². The molecule has 0 aliphatic rings. The van der Waals surface area contributed by atoms with Crippen molar-refractivity contribution in [3.63, 3.8) is 0 Å². The van der Waals surface area contributed by atoms with Crippen LogP contribution < -0.4 is 0 Å². The van der Waals surface area contributed by atoms with Crippen molar-refractivity contribution in [3.8, 4) is 0 Å². The Labute approximate surface area is 143 Å². The average molecular weight is 351 g/mol. The van der Waals surface area contributed by atoms with Gasteiger partial charge in [0, 0.05) is 0 Å². The van der Waals surface area contributed by atoms with Crippen LogP contribution in [0.1, 0.15) is 104 Å². The number of rotatable bonds is 16. The van der Waals surface area contributed by atoms with Gasteiger partial charge < -0.3 is 5.11 Å². The van der Waals surface area contributed by atoms with Gasteiger partial charge in [0.1, 0.15) is 0 Å². The lowest BCUT2D eigenvalue weighted by molar-refractivity contribution is 0.148. The molecule has 0 rings (SSSR count). The fraction of sp³-hybridized carbons (Fsp3) is 1.00. The van der Waals surface area contributed by atoms with Crippen molar-refractivity contribution in [1.82, 2.24) is 0 Å². The molecule has 0 radical (unpaired) electrons. The minimum Gasteiger partial charge on any atom is -0.393 e. The largest absolute Gasteiger partial charge is 0.393 e. The van der Waals surface area contributed by atoms with Crippen molar-refractivity contribution in [2.45, 2.75) is 115 Å². The maximum absolute atomic E-state index is 11.5. The molecule has 0 aliphatic carbocycles. The molecule has 0 saturated heterocycles. The van der Waals surface area contributed by atoms with Crippen LogP contribution in [0.2, 0.25) is 0 Å². The minimum absolute atomic E-state index is 0.361. The smallest absolute Gasteiger partial charge is 0.267 e. The number of hydrogen-bond acceptors (Lipinski definition) is 3. The highest BCUT2D eigenvalue weighted by Crippen LogP contribution is 2.19. The Hall–Kier alpha value is -0.130. The van der Waals surface area contributed by atoms with Crippen LogP contribution >= 0.6 is 0 Å². The summed E-state index contributed by atoms with van der Waals surface area (Å²) in [6.07, 6.45) is 12.9. The normalized spacial score (nSPS) is 14.8. The molecule has 0 bridgehead atoms. The third kappa shape index (κ3) is 14.0. The summed E-state index contributed by atoms with van der Waals surface area (Å²) in [4.78, 5) is 0. The second-order valence-electron chi connectivity index (χ2n) is 6.77. The number of aliphatic hydroxyl groups excluding tert-OH is 1. The Morgan fingerprint density at radius 1 is 0.696 bits per heavy atom. The number of unbranched alkanes of at least 4 members (excludes halogenated alkanes) is 8. The first-order chi connectivity index (χ1) is 10.9. The Morgan fingerprint density at radius 2 is 1.22 bits per heavy atom. The van der Waals surface area contributed by atoms with Gasteiger partial charge in [-0.15, -0.1) is 0 Å². The van der Waals surface area contributed by atoms with Gasteiger partial charge in [0.25, 0.3) is 10.1 Å². The lowest BCUT2D eigenvalue weighted by atomic mass is 10.0. The molecular weight excluding hydrogens is 312 g/mol. The maximum Gasteiger partial charge on any atom is 0.267 e. The van der Waals surface area contributed by atoms with Crippen LogP contribution in [-0.4, -0.2) is 29.4 Å². The fourth-order valence-corrected chi connectivity index (χ4v) is 3.81. The summed E-state index contributed by atoms with van der Waals surface area (Å²) in [5.74, 6) is 0. The Morgan fingerprint density at radius 3 is 1.74 bits per heavy atom. The van der Waals surface area contributed by atoms with Gasteiger partial charge in [-0.3, -0.25) is 4.55 Å². The van der Waals surface area contributed by atoms with Crippen molar-refractivity contribution in [3.05, 3.63) is 0 Å². The van der Waals surface area contributed by atoms with E-state index in [9.17, 15) is 18.1 Å². The molecule has 0 aromatic rings. The van der Waals surface area contributed by atoms with Gasteiger partial charge in [0.05, 0.1) is 11.4 Å². The van der Waals surface area contributed by atoms with Crippen LogP contribution in [0, 0.1) is 0 Å². The predicted molar refractivity (Wildman–Crippen MR) is 97.3 cm³/mol. The van der Waals surface area contributed by atoms with E-state index in [1.165, 1.54) is 32.1 Å². The second-order valence-corrected chi connectivity index (χ2v) is 8.47. The lowest BCUT2D eigenvalue weighted by Crippen LogP contribution is -2.22. The molecule has 5 heteroatoms. The summed E-state index contributed by atoms with van der Waals surface area (Å²) in [5.41, 5.74) is 0. The van der Waals surface area contributed by atoms with Crippen LogP contribution in [0.5, 0.6) is 0 Å². The van der Waals surface area contributed by atoms with E-state index < -0.39 is 21.5 Å². The molecule has 2 atom stereocenters. The van der Waals surface area contributed by atoms with Crippen LogP contribution in [0.25, 0.3) is 0 Å². The van der Waals surface area contributed by atoms with E-state index in [4.69, 9.17) is 0 Å². The van der Waals surface area contributed by atoms with E-state index in [0.717, 1.165) is 32.1 Å². The van der Waals surface area contributed by atoms with Crippen molar-refractivity contribution in [2.75, 3.05) is 0 Å². The molecule has 0 aromatic carbocycles. The fourth-order valence-electron chi connectivity index (χ4n) is 2.91. The quantitative estimate of drug-likeness (QED) is 0.300. The van der Waals surface area contributed by atoms with Gasteiger partial charge in [0.15, 0.2) is 0 Å². The van der Waals surface area contributed by atoms with Crippen molar-refractivity contribution < 1.29 is 18.1 Å². The molecule has 140 valence electrons. The zero-order valence-electron chi connectivity index (χ0n) is 15.2. The Bertz CT molecular complexity index is 354. The molecule has 0 fully saturated rings. The summed E-state index contributed by atoms with van der Waals surface area (Å²) in [7, 11) is -4.00. The molecule has 23 heavy (non-hydrogen) atoms. The van der Waals surface area contributed by atoms with E-state index in [-0.39, 0.29) is 0 Å². The van der Waals surface area contributed by atoms with Gasteiger partial charge in [-0.2, -0.15) is 8.42 Å². The van der Waals surface area contributed by atoms with Crippen molar-refractivity contribution in [1.29, 1.82) is 0 Å². The lowest BCUT2D eigenvalue weighted by Gasteiger charge is -2.16. The summed E-state index contributed by atoms with van der Waals surface area (Å²) >= 11 is 0. The molecule has 0 aromatic heterocycles. The van der Waals surface area contributed by atoms with E-state index in [1.807, 2.05) is 0 Å². The Balaban J connectivity index is 3.90. The van der Waals surface area contributed by atoms with E-state index >= 15 is 0 Å². The molecule has 0 spiro atoms. The van der Waals surface area contributed by atoms with Gasteiger partial charge in [-0.05, 0) is 25.7 Å². The average Bonchev–Trinajstić information content (AvgIpc) is 2.49. The second kappa shape index (κ2) is 14.2. The summed E-state index contributed by atoms with van der Waals surface area (Å²) < 4.78 is 32.3. The number of hydrogen-bond donors (Lipinski definition) is 2. The van der Waals surface area contributed by atoms with Crippen LogP contribution in [0.3, 0.4) is 0 Å². The highest BCUT2D eigenvalue weighted by Gasteiger charge is 2.23. The molecule has 4 nitrogen and oxygen atoms in total. The first-order valence-electron chi connectivity index (χ1n) is 9.56. The highest BCUT2D eigenvalue weighted by atomic mass is 32.2. The summed E-state index contributed by atoms with van der Waals surface area (Å²) in [6.45, 7) is 4.27. The molecule has 0 amide bonds. The van der Waals surface area contributed by atoms with Crippen molar-refractivity contribution in [2.24, 2.45) is 0 Å². The third-order valence-electron chi connectivity index (χ3n) is 4.51. The van der Waals surface area contributed by atoms with E-state index in [2.05, 4.69) is 13.8 Å². The first kappa shape index (κ1) is 22.9. The van der Waals surface area contributed by atoms with Crippen LogP contribution in [-0.2, 0) is 10.1 Å². The standard InChI is InChI=1S/C18H38O4S/c1-3-5-7-8-9-10-11-12-14-18(23(20,21)22)16-15-17(19)13-6-4-2/h17-19H,3-16H2,1-2H3,(H,20,21,22). The van der Waals surface area contributed by atoms with Crippen LogP contribution in [0.15, 0.2) is 0 Å². The SMILES string of the molecule is CCCCCCCCCCC(CCC(O)CCCC)S(=O)(=O)O. The minimum atomic E-state index is -4.00. The predicted octanol–water partition coefficient (Wildman–Crippen LogP) is 5.10. The summed E-state index contributed by atoms with van der Waals surface area (Å²) in [6, 6.07) is 0. The molecular formula is C18H38O4S. The third-order valence-corrected chi connectivity index (χ3v) is 5.83. The highest BCUT2D eigenvalue weighted by molar-refractivity contribution is 7.86. The first-order valence-corrected chi connectivity index (χ1v) is 11.1. The zero-order valence-corrected chi connectivity index (χ0v) is 16.0. The number of aliphatic hydroxyl groups is 1.